The molecule has 0 aliphatic rings. The Morgan fingerprint density at radius 1 is 1.44 bits per heavy atom. The Hall–Kier alpha value is -0.370. The van der Waals surface area contributed by atoms with Gasteiger partial charge in [0, 0.05) is 0 Å². The van der Waals surface area contributed by atoms with Crippen molar-refractivity contribution in [2.45, 2.75) is 33.6 Å². The second-order valence-electron chi connectivity index (χ2n) is 2.05. The predicted octanol–water partition coefficient (Wildman–Crippen LogP) is 1.34. The minimum atomic E-state index is 0.167. The van der Waals surface area contributed by atoms with Gasteiger partial charge in [0.25, 0.3) is 0 Å². The van der Waals surface area contributed by atoms with Crippen LogP contribution in [0.2, 0.25) is 0 Å². The van der Waals surface area contributed by atoms with Crippen LogP contribution in [0.5, 0.6) is 0 Å². The van der Waals surface area contributed by atoms with Crippen LogP contribution in [0.15, 0.2) is 0 Å². The molecule has 0 saturated carbocycles. The number of carbonyl (C=O) groups excluding carboxylic acids is 1. The van der Waals surface area contributed by atoms with Gasteiger partial charge in [-0.3, -0.25) is 0 Å². The lowest BCUT2D eigenvalue weighted by atomic mass is 10.3. The largest absolute Gasteiger partial charge is 0.330 e. The molecule has 2 heteroatoms. The first-order valence-electron chi connectivity index (χ1n) is 3.32. The van der Waals surface area contributed by atoms with Gasteiger partial charge in [0.1, 0.15) is 5.78 Å². The highest BCUT2D eigenvalue weighted by Gasteiger charge is 1.68. The average molecular weight is 131 g/mol. The lowest BCUT2D eigenvalue weighted by molar-refractivity contribution is -0.114. The molecule has 0 atom stereocenters. The van der Waals surface area contributed by atoms with E-state index in [0.717, 1.165) is 6.54 Å². The van der Waals surface area contributed by atoms with Gasteiger partial charge < -0.3 is 10.5 Å². The van der Waals surface area contributed by atoms with Gasteiger partial charge in [0.05, 0.1) is 0 Å². The Balaban J connectivity index is 0. The summed E-state index contributed by atoms with van der Waals surface area (Å²) >= 11 is 0. The molecule has 0 aromatic rings. The molecule has 0 saturated heterocycles. The molecular formula is C7H17NO. The first-order valence-corrected chi connectivity index (χ1v) is 3.32. The highest BCUT2D eigenvalue weighted by atomic mass is 16.1. The Kier molecular flexibility index (Phi) is 13.4. The van der Waals surface area contributed by atoms with E-state index in [1.165, 1.54) is 26.7 Å². The summed E-state index contributed by atoms with van der Waals surface area (Å²) in [6.07, 6.45) is 2.39. The quantitative estimate of drug-likeness (QED) is 0.614. The van der Waals surface area contributed by atoms with E-state index in [-0.39, 0.29) is 5.78 Å². The van der Waals surface area contributed by atoms with Crippen LogP contribution in [0.4, 0.5) is 0 Å². The fourth-order valence-electron chi connectivity index (χ4n) is 0.204. The molecule has 0 aromatic carbocycles. The van der Waals surface area contributed by atoms with Crippen LogP contribution in [0.3, 0.4) is 0 Å². The normalized spacial score (nSPS) is 7.56. The van der Waals surface area contributed by atoms with Crippen LogP contribution < -0.4 is 5.73 Å². The number of hydrogen-bond acceptors (Lipinski definition) is 2. The second kappa shape index (κ2) is 10.6. The molecule has 0 unspecified atom stereocenters. The third kappa shape index (κ3) is 91.0. The van der Waals surface area contributed by atoms with E-state index in [4.69, 9.17) is 5.73 Å². The van der Waals surface area contributed by atoms with Crippen molar-refractivity contribution < 1.29 is 4.79 Å². The number of hydrogen-bond donors (Lipinski definition) is 1. The summed E-state index contributed by atoms with van der Waals surface area (Å²) in [4.78, 5) is 9.44. The maximum Gasteiger partial charge on any atom is 0.126 e. The molecule has 0 aliphatic heterocycles. The van der Waals surface area contributed by atoms with Crippen molar-refractivity contribution >= 4 is 5.78 Å². The van der Waals surface area contributed by atoms with Gasteiger partial charge in [-0.1, -0.05) is 13.3 Å². The third-order valence-corrected chi connectivity index (χ3v) is 0.558. The van der Waals surface area contributed by atoms with Gasteiger partial charge in [-0.05, 0) is 26.8 Å². The smallest absolute Gasteiger partial charge is 0.126 e. The fourth-order valence-corrected chi connectivity index (χ4v) is 0.204. The van der Waals surface area contributed by atoms with E-state index in [2.05, 4.69) is 6.92 Å². The number of ketones is 1. The number of carbonyl (C=O) groups is 1. The van der Waals surface area contributed by atoms with Crippen LogP contribution in [0, 0.1) is 0 Å². The van der Waals surface area contributed by atoms with Crippen molar-refractivity contribution in [2.24, 2.45) is 5.73 Å². The van der Waals surface area contributed by atoms with Crippen molar-refractivity contribution in [3.8, 4) is 0 Å². The van der Waals surface area contributed by atoms with Gasteiger partial charge >= 0.3 is 0 Å². The number of rotatable bonds is 2. The molecule has 56 valence electrons. The minimum absolute atomic E-state index is 0.167. The zero-order valence-corrected chi connectivity index (χ0v) is 6.61. The lowest BCUT2D eigenvalue weighted by Gasteiger charge is -1.80. The van der Waals surface area contributed by atoms with E-state index in [1.807, 2.05) is 0 Å². The zero-order chi connectivity index (χ0) is 7.70. The molecule has 9 heavy (non-hydrogen) atoms. The summed E-state index contributed by atoms with van der Waals surface area (Å²) in [6, 6.07) is 0. The predicted molar refractivity (Wildman–Crippen MR) is 40.3 cm³/mol. The zero-order valence-electron chi connectivity index (χ0n) is 6.61. The summed E-state index contributed by atoms with van der Waals surface area (Å²) in [6.45, 7) is 6.03. The molecule has 0 bridgehead atoms. The summed E-state index contributed by atoms with van der Waals surface area (Å²) in [5, 5.41) is 0. The van der Waals surface area contributed by atoms with Crippen molar-refractivity contribution in [2.75, 3.05) is 6.54 Å². The number of Topliss-reactive ketones (excluding diaryl/α,β-unsaturated/α-hetero) is 1. The number of nitrogens with two attached hydrogens (primary N) is 1. The van der Waals surface area contributed by atoms with Gasteiger partial charge in [-0.25, -0.2) is 0 Å². The fraction of sp³-hybridized carbons (Fsp3) is 0.857. The molecule has 0 rings (SSSR count). The van der Waals surface area contributed by atoms with Crippen molar-refractivity contribution in [3.05, 3.63) is 0 Å². The van der Waals surface area contributed by atoms with Gasteiger partial charge in [-0.15, -0.1) is 0 Å². The summed E-state index contributed by atoms with van der Waals surface area (Å²) in [7, 11) is 0. The van der Waals surface area contributed by atoms with E-state index in [9.17, 15) is 4.79 Å². The molecule has 0 aromatic heterocycles. The van der Waals surface area contributed by atoms with E-state index in [0.29, 0.717) is 0 Å². The molecule has 0 fully saturated rings. The van der Waals surface area contributed by atoms with Gasteiger partial charge in [0.2, 0.25) is 0 Å². The van der Waals surface area contributed by atoms with Gasteiger partial charge in [-0.2, -0.15) is 0 Å². The topological polar surface area (TPSA) is 43.1 Å². The first-order chi connectivity index (χ1) is 4.15. The lowest BCUT2D eigenvalue weighted by Crippen LogP contribution is -1.95. The van der Waals surface area contributed by atoms with Crippen molar-refractivity contribution in [1.82, 2.24) is 0 Å². The molecular weight excluding hydrogens is 114 g/mol. The van der Waals surface area contributed by atoms with Crippen molar-refractivity contribution in [3.63, 3.8) is 0 Å². The highest BCUT2D eigenvalue weighted by Crippen LogP contribution is 1.77. The summed E-state index contributed by atoms with van der Waals surface area (Å²) in [5.41, 5.74) is 5.14. The highest BCUT2D eigenvalue weighted by molar-refractivity contribution is 5.72. The van der Waals surface area contributed by atoms with Crippen LogP contribution in [0.1, 0.15) is 33.6 Å². The molecule has 2 N–H and O–H groups in total. The summed E-state index contributed by atoms with van der Waals surface area (Å²) < 4.78 is 0. The molecule has 2 nitrogen and oxygen atoms in total. The van der Waals surface area contributed by atoms with Crippen LogP contribution in [0.25, 0.3) is 0 Å². The van der Waals surface area contributed by atoms with Crippen LogP contribution >= 0.6 is 0 Å². The molecule has 0 spiro atoms. The van der Waals surface area contributed by atoms with Crippen molar-refractivity contribution in [1.29, 1.82) is 0 Å². The minimum Gasteiger partial charge on any atom is -0.330 e. The van der Waals surface area contributed by atoms with Crippen LogP contribution in [-0.2, 0) is 4.79 Å². The van der Waals surface area contributed by atoms with Crippen LogP contribution in [-0.4, -0.2) is 12.3 Å². The molecule has 0 radical (unpaired) electrons. The first kappa shape index (κ1) is 11.4. The second-order valence-corrected chi connectivity index (χ2v) is 2.05. The average Bonchev–Trinajstić information content (AvgIpc) is 1.66. The van der Waals surface area contributed by atoms with Gasteiger partial charge in [0.15, 0.2) is 0 Å². The maximum atomic E-state index is 9.44. The molecule has 0 heterocycles. The SMILES string of the molecule is CC(C)=O.CCCCN. The van der Waals surface area contributed by atoms with E-state index < -0.39 is 0 Å². The maximum absolute atomic E-state index is 9.44. The Labute approximate surface area is 57.4 Å². The number of unbranched alkanes of at least 4 members (excludes halogenated alkanes) is 1. The molecule has 0 aliphatic carbocycles. The Morgan fingerprint density at radius 3 is 1.78 bits per heavy atom. The Morgan fingerprint density at radius 2 is 1.78 bits per heavy atom. The monoisotopic (exact) mass is 131 g/mol. The summed E-state index contributed by atoms with van der Waals surface area (Å²) in [5.74, 6) is 0.167. The van der Waals surface area contributed by atoms with E-state index in [1.54, 1.807) is 0 Å². The Bertz CT molecular complexity index is 55.9. The standard InChI is InChI=1S/C4H11N.C3H6O/c1-2-3-4-5;1-3(2)4/h2-5H2,1H3;1-2H3. The third-order valence-electron chi connectivity index (χ3n) is 0.558. The molecule has 0 amide bonds. The van der Waals surface area contributed by atoms with E-state index >= 15 is 0 Å².